The number of para-hydroxylation sites is 1. The number of primary amides is 1. The van der Waals surface area contributed by atoms with Gasteiger partial charge in [0.2, 0.25) is 5.91 Å². The van der Waals surface area contributed by atoms with Gasteiger partial charge in [0.25, 0.3) is 5.91 Å². The molecule has 27 heavy (non-hydrogen) atoms. The number of hydrogen-bond donors (Lipinski definition) is 2. The topological polar surface area (TPSA) is 87.8 Å². The zero-order chi connectivity index (χ0) is 18.8. The van der Waals surface area contributed by atoms with Gasteiger partial charge in [-0.05, 0) is 34.5 Å². The fourth-order valence-electron chi connectivity index (χ4n) is 3.14. The number of carbonyl (C=O) groups excluding carboxylic acids is 2. The molecule has 1 aliphatic rings. The number of benzene rings is 2. The van der Waals surface area contributed by atoms with Crippen LogP contribution in [0.1, 0.15) is 12.0 Å². The minimum atomic E-state index is -0.657. The molecule has 0 spiro atoms. The van der Waals surface area contributed by atoms with Crippen molar-refractivity contribution in [1.82, 2.24) is 5.32 Å². The number of nitrogens with two attached hydrogens (primary N) is 1. The molecule has 0 saturated carbocycles. The van der Waals surface area contributed by atoms with E-state index in [1.807, 2.05) is 53.9 Å². The molecule has 2 aromatic carbocycles. The maximum atomic E-state index is 12.6. The first-order valence-corrected chi connectivity index (χ1v) is 9.46. The van der Waals surface area contributed by atoms with Gasteiger partial charge in [-0.15, -0.1) is 11.3 Å². The summed E-state index contributed by atoms with van der Waals surface area (Å²) in [6.07, 6.45) is 0.195. The first-order chi connectivity index (χ1) is 13.1. The van der Waals surface area contributed by atoms with Crippen LogP contribution in [-0.2, 0) is 16.1 Å². The largest absolute Gasteiger partial charge is 0.368 e. The number of hydrogen-bond acceptors (Lipinski definition) is 5. The molecule has 3 aromatic rings. The second-order valence-corrected chi connectivity index (χ2v) is 7.20. The van der Waals surface area contributed by atoms with E-state index in [4.69, 9.17) is 5.73 Å². The van der Waals surface area contributed by atoms with E-state index in [-0.39, 0.29) is 12.3 Å². The number of nitrogens with one attached hydrogen (secondary N) is 1. The highest BCUT2D eigenvalue weighted by Crippen LogP contribution is 2.26. The van der Waals surface area contributed by atoms with Gasteiger partial charge < -0.3 is 11.1 Å². The third-order valence-electron chi connectivity index (χ3n) is 4.52. The first-order valence-electron chi connectivity index (χ1n) is 8.58. The van der Waals surface area contributed by atoms with Crippen LogP contribution >= 0.6 is 11.3 Å². The van der Waals surface area contributed by atoms with Crippen molar-refractivity contribution >= 4 is 44.6 Å². The Morgan fingerprint density at radius 1 is 1.15 bits per heavy atom. The van der Waals surface area contributed by atoms with Gasteiger partial charge in [0.1, 0.15) is 11.8 Å². The van der Waals surface area contributed by atoms with Crippen LogP contribution in [0.25, 0.3) is 10.1 Å². The summed E-state index contributed by atoms with van der Waals surface area (Å²) < 4.78 is 1.18. The number of thiophene rings is 1. The molecule has 0 bridgehead atoms. The van der Waals surface area contributed by atoms with Crippen molar-refractivity contribution in [3.63, 3.8) is 0 Å². The molecular weight excluding hydrogens is 360 g/mol. The normalized spacial score (nSPS) is 16.4. The SMILES string of the molecule is NC(=O)C1CC(C(=O)NCc2csc3ccccc23)=NN1c1ccccc1. The summed E-state index contributed by atoms with van der Waals surface area (Å²) in [5.74, 6) is -0.788. The molecule has 4 rings (SSSR count). The van der Waals surface area contributed by atoms with E-state index in [1.165, 1.54) is 9.71 Å². The molecule has 1 aliphatic heterocycles. The zero-order valence-corrected chi connectivity index (χ0v) is 15.3. The summed E-state index contributed by atoms with van der Waals surface area (Å²) in [7, 11) is 0. The van der Waals surface area contributed by atoms with Crippen molar-refractivity contribution in [2.45, 2.75) is 19.0 Å². The molecule has 1 unspecified atom stereocenters. The van der Waals surface area contributed by atoms with E-state index in [2.05, 4.69) is 16.5 Å². The number of anilines is 1. The molecule has 6 nitrogen and oxygen atoms in total. The summed E-state index contributed by atoms with van der Waals surface area (Å²) in [5.41, 5.74) is 7.62. The molecule has 1 atom stereocenters. The predicted molar refractivity (Wildman–Crippen MR) is 108 cm³/mol. The molecule has 0 radical (unpaired) electrons. The highest BCUT2D eigenvalue weighted by atomic mass is 32.1. The van der Waals surface area contributed by atoms with Crippen molar-refractivity contribution in [2.24, 2.45) is 10.8 Å². The van der Waals surface area contributed by atoms with Crippen LogP contribution in [0.3, 0.4) is 0 Å². The van der Waals surface area contributed by atoms with Crippen molar-refractivity contribution in [3.8, 4) is 0 Å². The fourth-order valence-corrected chi connectivity index (χ4v) is 4.10. The second-order valence-electron chi connectivity index (χ2n) is 6.29. The van der Waals surface area contributed by atoms with E-state index in [9.17, 15) is 9.59 Å². The predicted octanol–water partition coefficient (Wildman–Crippen LogP) is 2.64. The van der Waals surface area contributed by atoms with Crippen LogP contribution in [0.15, 0.2) is 65.1 Å². The molecular formula is C20H18N4O2S. The highest BCUT2D eigenvalue weighted by molar-refractivity contribution is 7.17. The molecule has 2 heterocycles. The Morgan fingerprint density at radius 2 is 1.89 bits per heavy atom. The summed E-state index contributed by atoms with van der Waals surface area (Å²) in [6, 6.07) is 16.7. The lowest BCUT2D eigenvalue weighted by Crippen LogP contribution is -2.39. The lowest BCUT2D eigenvalue weighted by Gasteiger charge is -2.20. The molecule has 0 saturated heterocycles. The minimum absolute atomic E-state index is 0.195. The van der Waals surface area contributed by atoms with Gasteiger partial charge >= 0.3 is 0 Å². The van der Waals surface area contributed by atoms with Gasteiger partial charge in [0.15, 0.2) is 0 Å². The number of carbonyl (C=O) groups is 2. The summed E-state index contributed by atoms with van der Waals surface area (Å²) in [5, 5.41) is 12.0. The van der Waals surface area contributed by atoms with Gasteiger partial charge in [-0.25, -0.2) is 0 Å². The highest BCUT2D eigenvalue weighted by Gasteiger charge is 2.34. The molecule has 0 fully saturated rings. The van der Waals surface area contributed by atoms with E-state index in [0.717, 1.165) is 16.6 Å². The Bertz CT molecular complexity index is 1030. The third-order valence-corrected chi connectivity index (χ3v) is 5.53. The van der Waals surface area contributed by atoms with Crippen LogP contribution < -0.4 is 16.1 Å². The van der Waals surface area contributed by atoms with E-state index in [1.54, 1.807) is 11.3 Å². The van der Waals surface area contributed by atoms with Gasteiger partial charge in [-0.2, -0.15) is 5.10 Å². The van der Waals surface area contributed by atoms with Crippen LogP contribution in [0.5, 0.6) is 0 Å². The number of hydrazone groups is 1. The van der Waals surface area contributed by atoms with E-state index in [0.29, 0.717) is 12.3 Å². The van der Waals surface area contributed by atoms with Crippen LogP contribution in [0, 0.1) is 0 Å². The smallest absolute Gasteiger partial charge is 0.267 e. The summed E-state index contributed by atoms with van der Waals surface area (Å²) in [6.45, 7) is 0.411. The monoisotopic (exact) mass is 378 g/mol. The standard InChI is InChI=1S/C20H18N4O2S/c21-19(25)17-10-16(23-24(17)14-6-2-1-3-7-14)20(26)22-11-13-12-27-18-9-5-4-8-15(13)18/h1-9,12,17H,10-11H2,(H2,21,25)(H,22,26). The Kier molecular flexibility index (Phi) is 4.60. The quantitative estimate of drug-likeness (QED) is 0.715. The third kappa shape index (κ3) is 3.41. The van der Waals surface area contributed by atoms with Gasteiger partial charge in [0, 0.05) is 17.7 Å². The number of rotatable bonds is 5. The first kappa shape index (κ1) is 17.2. The van der Waals surface area contributed by atoms with Crippen molar-refractivity contribution in [3.05, 3.63) is 65.5 Å². The maximum Gasteiger partial charge on any atom is 0.267 e. The number of amides is 2. The van der Waals surface area contributed by atoms with Crippen molar-refractivity contribution in [1.29, 1.82) is 0 Å². The lowest BCUT2D eigenvalue weighted by molar-refractivity contribution is -0.119. The lowest BCUT2D eigenvalue weighted by atomic mass is 10.1. The number of fused-ring (bicyclic) bond motifs is 1. The van der Waals surface area contributed by atoms with Gasteiger partial charge in [-0.3, -0.25) is 14.6 Å². The Balaban J connectivity index is 1.50. The molecule has 2 amide bonds. The maximum absolute atomic E-state index is 12.6. The van der Waals surface area contributed by atoms with Crippen LogP contribution in [-0.4, -0.2) is 23.6 Å². The molecule has 3 N–H and O–H groups in total. The zero-order valence-electron chi connectivity index (χ0n) is 14.5. The Hall–Kier alpha value is -3.19. The molecule has 136 valence electrons. The minimum Gasteiger partial charge on any atom is -0.368 e. The Morgan fingerprint density at radius 3 is 2.67 bits per heavy atom. The molecule has 1 aromatic heterocycles. The van der Waals surface area contributed by atoms with Gasteiger partial charge in [0.05, 0.1) is 5.69 Å². The van der Waals surface area contributed by atoms with Crippen LogP contribution in [0.4, 0.5) is 5.69 Å². The second kappa shape index (κ2) is 7.20. The van der Waals surface area contributed by atoms with Crippen molar-refractivity contribution < 1.29 is 9.59 Å². The van der Waals surface area contributed by atoms with Gasteiger partial charge in [-0.1, -0.05) is 36.4 Å². The fraction of sp³-hybridized carbons (Fsp3) is 0.150. The average molecular weight is 378 g/mol. The average Bonchev–Trinajstić information content (AvgIpc) is 3.32. The summed E-state index contributed by atoms with van der Waals surface area (Å²) >= 11 is 1.65. The van der Waals surface area contributed by atoms with Crippen molar-refractivity contribution in [2.75, 3.05) is 5.01 Å². The van der Waals surface area contributed by atoms with E-state index < -0.39 is 11.9 Å². The van der Waals surface area contributed by atoms with E-state index >= 15 is 0 Å². The van der Waals surface area contributed by atoms with Crippen LogP contribution in [0.2, 0.25) is 0 Å². The number of nitrogens with zero attached hydrogens (tertiary/aromatic N) is 2. The Labute approximate surface area is 160 Å². The molecule has 7 heteroatoms. The summed E-state index contributed by atoms with van der Waals surface area (Å²) in [4.78, 5) is 24.4. The molecule has 0 aliphatic carbocycles.